The minimum Gasteiger partial charge on any atom is -0.495 e. The third-order valence-electron chi connectivity index (χ3n) is 2.18. The molecule has 0 saturated carbocycles. The van der Waals surface area contributed by atoms with E-state index >= 15 is 0 Å². The van der Waals surface area contributed by atoms with Crippen LogP contribution in [-0.2, 0) is 10.0 Å². The van der Waals surface area contributed by atoms with Crippen molar-refractivity contribution < 1.29 is 13.2 Å². The highest BCUT2D eigenvalue weighted by molar-refractivity contribution is 7.89. The van der Waals surface area contributed by atoms with Gasteiger partial charge in [0.1, 0.15) is 10.6 Å². The minimum atomic E-state index is -3.55. The topological polar surface area (TPSA) is 81.4 Å². The Morgan fingerprint density at radius 3 is 2.56 bits per heavy atom. The monoisotopic (exact) mass is 244 g/mol. The molecule has 0 aliphatic rings. The summed E-state index contributed by atoms with van der Waals surface area (Å²) in [5.74, 6) is 0.299. The van der Waals surface area contributed by atoms with E-state index in [9.17, 15) is 8.42 Å². The van der Waals surface area contributed by atoms with Crippen LogP contribution in [0.5, 0.6) is 5.75 Å². The highest BCUT2D eigenvalue weighted by atomic mass is 32.2. The average Bonchev–Trinajstić information content (AvgIpc) is 2.21. The molecule has 1 rings (SSSR count). The van der Waals surface area contributed by atoms with Crippen molar-refractivity contribution in [2.45, 2.75) is 18.7 Å². The number of methoxy groups -OCH3 is 1. The number of anilines is 1. The third kappa shape index (κ3) is 2.45. The maximum atomic E-state index is 11.8. The van der Waals surface area contributed by atoms with E-state index < -0.39 is 10.0 Å². The fourth-order valence-corrected chi connectivity index (χ4v) is 2.54. The summed E-state index contributed by atoms with van der Waals surface area (Å²) < 4.78 is 31.1. The average molecular weight is 244 g/mol. The minimum absolute atomic E-state index is 0.0694. The van der Waals surface area contributed by atoms with Crippen molar-refractivity contribution in [3.63, 3.8) is 0 Å². The lowest BCUT2D eigenvalue weighted by molar-refractivity contribution is 0.402. The molecule has 1 aromatic rings. The summed E-state index contributed by atoms with van der Waals surface area (Å²) >= 11 is 0. The smallest absolute Gasteiger partial charge is 0.244 e. The van der Waals surface area contributed by atoms with Crippen LogP contribution >= 0.6 is 0 Å². The quantitative estimate of drug-likeness (QED) is 0.770. The van der Waals surface area contributed by atoms with Gasteiger partial charge in [0.15, 0.2) is 0 Å². The summed E-state index contributed by atoms with van der Waals surface area (Å²) in [4.78, 5) is 0.0694. The van der Waals surface area contributed by atoms with Gasteiger partial charge in [0.25, 0.3) is 0 Å². The highest BCUT2D eigenvalue weighted by Gasteiger charge is 2.19. The molecule has 1 aromatic carbocycles. The Morgan fingerprint density at radius 2 is 2.06 bits per heavy atom. The van der Waals surface area contributed by atoms with Crippen LogP contribution in [0, 0.1) is 6.92 Å². The number of hydrogen-bond donors (Lipinski definition) is 2. The predicted octanol–water partition coefficient (Wildman–Crippen LogP) is 0.884. The van der Waals surface area contributed by atoms with Gasteiger partial charge in [-0.3, -0.25) is 0 Å². The Hall–Kier alpha value is -1.27. The van der Waals surface area contributed by atoms with Crippen molar-refractivity contribution in [2.75, 3.05) is 19.4 Å². The molecule has 5 nitrogen and oxygen atoms in total. The molecule has 0 unspecified atom stereocenters. The van der Waals surface area contributed by atoms with Crippen LogP contribution in [0.1, 0.15) is 12.5 Å². The van der Waals surface area contributed by atoms with Gasteiger partial charge < -0.3 is 10.5 Å². The van der Waals surface area contributed by atoms with Gasteiger partial charge in [-0.15, -0.1) is 0 Å². The molecule has 0 aliphatic carbocycles. The van der Waals surface area contributed by atoms with E-state index in [1.54, 1.807) is 19.9 Å². The maximum Gasteiger partial charge on any atom is 0.244 e. The molecule has 0 atom stereocenters. The Balaban J connectivity index is 3.38. The Labute approximate surface area is 95.7 Å². The second kappa shape index (κ2) is 4.71. The van der Waals surface area contributed by atoms with Crippen LogP contribution in [0.3, 0.4) is 0 Å². The Kier molecular flexibility index (Phi) is 3.77. The van der Waals surface area contributed by atoms with Gasteiger partial charge in [-0.2, -0.15) is 0 Å². The van der Waals surface area contributed by atoms with Crippen molar-refractivity contribution in [3.05, 3.63) is 17.7 Å². The second-order valence-electron chi connectivity index (χ2n) is 3.36. The molecular formula is C10H16N2O3S. The number of nitrogen functional groups attached to an aromatic ring is 1. The van der Waals surface area contributed by atoms with E-state index in [-0.39, 0.29) is 4.90 Å². The van der Waals surface area contributed by atoms with Gasteiger partial charge in [-0.25, -0.2) is 13.1 Å². The first-order valence-electron chi connectivity index (χ1n) is 4.86. The normalized spacial score (nSPS) is 11.4. The van der Waals surface area contributed by atoms with Crippen molar-refractivity contribution in [1.29, 1.82) is 0 Å². The summed E-state index contributed by atoms with van der Waals surface area (Å²) in [7, 11) is -2.12. The molecule has 0 bridgehead atoms. The van der Waals surface area contributed by atoms with Crippen molar-refractivity contribution in [1.82, 2.24) is 4.72 Å². The summed E-state index contributed by atoms with van der Waals surface area (Å²) in [6, 6.07) is 3.02. The number of ether oxygens (including phenoxy) is 1. The fraction of sp³-hybridized carbons (Fsp3) is 0.400. The lowest BCUT2D eigenvalue weighted by Gasteiger charge is -2.12. The summed E-state index contributed by atoms with van der Waals surface area (Å²) in [6.45, 7) is 3.82. The van der Waals surface area contributed by atoms with Gasteiger partial charge in [-0.1, -0.05) is 6.92 Å². The Bertz CT molecular complexity index is 483. The lowest BCUT2D eigenvalue weighted by Crippen LogP contribution is -2.23. The first kappa shape index (κ1) is 12.8. The molecule has 90 valence electrons. The first-order valence-corrected chi connectivity index (χ1v) is 6.34. The summed E-state index contributed by atoms with van der Waals surface area (Å²) in [6.07, 6.45) is 0. The van der Waals surface area contributed by atoms with E-state index in [2.05, 4.69) is 4.72 Å². The van der Waals surface area contributed by atoms with Crippen molar-refractivity contribution in [2.24, 2.45) is 0 Å². The number of benzene rings is 1. The van der Waals surface area contributed by atoms with E-state index in [1.165, 1.54) is 13.2 Å². The molecule has 6 heteroatoms. The maximum absolute atomic E-state index is 11.8. The molecule has 0 aromatic heterocycles. The molecule has 0 heterocycles. The van der Waals surface area contributed by atoms with Crippen molar-refractivity contribution in [3.8, 4) is 5.75 Å². The van der Waals surface area contributed by atoms with E-state index in [4.69, 9.17) is 10.5 Å². The van der Waals surface area contributed by atoms with Gasteiger partial charge in [0.05, 0.1) is 7.11 Å². The third-order valence-corrected chi connectivity index (χ3v) is 3.74. The van der Waals surface area contributed by atoms with Gasteiger partial charge >= 0.3 is 0 Å². The molecule has 0 aliphatic heterocycles. The Morgan fingerprint density at radius 1 is 1.44 bits per heavy atom. The van der Waals surface area contributed by atoms with Crippen LogP contribution in [-0.4, -0.2) is 22.1 Å². The zero-order valence-corrected chi connectivity index (χ0v) is 10.4. The number of aryl methyl sites for hydroxylation is 1. The number of hydrogen-bond acceptors (Lipinski definition) is 4. The zero-order valence-electron chi connectivity index (χ0n) is 9.57. The van der Waals surface area contributed by atoms with Crippen LogP contribution in [0.15, 0.2) is 17.0 Å². The molecule has 0 fully saturated rings. The van der Waals surface area contributed by atoms with E-state index in [0.717, 1.165) is 5.56 Å². The summed E-state index contributed by atoms with van der Waals surface area (Å²) in [5, 5.41) is 0. The van der Waals surface area contributed by atoms with Crippen LogP contribution in [0.25, 0.3) is 0 Å². The molecule has 0 spiro atoms. The number of sulfonamides is 1. The fourth-order valence-electron chi connectivity index (χ4n) is 1.31. The van der Waals surface area contributed by atoms with Crippen molar-refractivity contribution >= 4 is 15.7 Å². The van der Waals surface area contributed by atoms with Crippen LogP contribution in [0.4, 0.5) is 5.69 Å². The molecule has 16 heavy (non-hydrogen) atoms. The molecule has 0 radical (unpaired) electrons. The molecule has 3 N–H and O–H groups in total. The first-order chi connectivity index (χ1) is 7.42. The van der Waals surface area contributed by atoms with Crippen LogP contribution in [0.2, 0.25) is 0 Å². The summed E-state index contributed by atoms with van der Waals surface area (Å²) in [5.41, 5.74) is 6.90. The van der Waals surface area contributed by atoms with Gasteiger partial charge in [0, 0.05) is 12.2 Å². The van der Waals surface area contributed by atoms with Gasteiger partial charge in [-0.05, 0) is 24.6 Å². The number of rotatable bonds is 4. The standard InChI is InChI=1S/C10H16N2O3S/c1-4-12-16(13,14)10-6-8(11)7(2)5-9(10)15-3/h5-6,12H,4,11H2,1-3H3. The van der Waals surface area contributed by atoms with E-state index in [1.807, 2.05) is 0 Å². The number of nitrogens with two attached hydrogens (primary N) is 1. The lowest BCUT2D eigenvalue weighted by atomic mass is 10.2. The number of nitrogens with one attached hydrogen (secondary N) is 1. The molecule has 0 amide bonds. The molecule has 0 saturated heterocycles. The highest BCUT2D eigenvalue weighted by Crippen LogP contribution is 2.28. The largest absolute Gasteiger partial charge is 0.495 e. The van der Waals surface area contributed by atoms with Gasteiger partial charge in [0.2, 0.25) is 10.0 Å². The SMILES string of the molecule is CCNS(=O)(=O)c1cc(N)c(C)cc1OC. The van der Waals surface area contributed by atoms with E-state index in [0.29, 0.717) is 18.0 Å². The molecular weight excluding hydrogens is 228 g/mol. The van der Waals surface area contributed by atoms with Crippen LogP contribution < -0.4 is 15.2 Å². The predicted molar refractivity (Wildman–Crippen MR) is 63.0 cm³/mol. The zero-order chi connectivity index (χ0) is 12.3. The second-order valence-corrected chi connectivity index (χ2v) is 5.10.